The summed E-state index contributed by atoms with van der Waals surface area (Å²) in [6, 6.07) is 5.41. The number of fused-ring (bicyclic) bond motifs is 1. The lowest BCUT2D eigenvalue weighted by Gasteiger charge is -2.33. The predicted molar refractivity (Wildman–Crippen MR) is 106 cm³/mol. The van der Waals surface area contributed by atoms with Gasteiger partial charge in [0.05, 0.1) is 27.3 Å². The Labute approximate surface area is 169 Å². The van der Waals surface area contributed by atoms with Crippen molar-refractivity contribution < 1.29 is 8.78 Å². The molecule has 0 saturated carbocycles. The van der Waals surface area contributed by atoms with E-state index in [1.807, 2.05) is 0 Å². The van der Waals surface area contributed by atoms with Gasteiger partial charge in [0.15, 0.2) is 5.82 Å². The van der Waals surface area contributed by atoms with Gasteiger partial charge in [0.2, 0.25) is 0 Å². The van der Waals surface area contributed by atoms with Crippen molar-refractivity contribution in [1.82, 2.24) is 14.9 Å². The van der Waals surface area contributed by atoms with Gasteiger partial charge >= 0.3 is 0 Å². The van der Waals surface area contributed by atoms with Crippen LogP contribution >= 0.6 is 23.2 Å². The van der Waals surface area contributed by atoms with Crippen LogP contribution in [-0.4, -0.2) is 22.6 Å². The van der Waals surface area contributed by atoms with E-state index in [0.717, 1.165) is 0 Å². The van der Waals surface area contributed by atoms with Gasteiger partial charge in [-0.05, 0) is 37.2 Å². The van der Waals surface area contributed by atoms with Crippen molar-refractivity contribution in [2.75, 3.05) is 18.4 Å². The first-order chi connectivity index (χ1) is 13.3. The molecule has 9 heteroatoms. The van der Waals surface area contributed by atoms with Crippen LogP contribution in [-0.2, 0) is 12.6 Å². The molecular weight excluding hydrogens is 409 g/mol. The maximum Gasteiger partial charge on any atom is 0.261 e. The lowest BCUT2D eigenvalue weighted by Crippen LogP contribution is -2.39. The zero-order valence-corrected chi connectivity index (χ0v) is 16.3. The Morgan fingerprint density at radius 3 is 2.75 bits per heavy atom. The zero-order chi connectivity index (χ0) is 20.1. The first-order valence-electron chi connectivity index (χ1n) is 8.60. The van der Waals surface area contributed by atoms with Crippen LogP contribution in [0, 0.1) is 11.6 Å². The fraction of sp³-hybridized carbons (Fsp3) is 0.263. The van der Waals surface area contributed by atoms with Crippen molar-refractivity contribution in [1.29, 1.82) is 0 Å². The SMILES string of the molecule is Cn1cnc2c(F)cc(NC3(c4c(F)ccc(Cl)c4Cl)CCNC3)cc2c1=O. The minimum atomic E-state index is -0.945. The van der Waals surface area contributed by atoms with E-state index in [2.05, 4.69) is 15.6 Å². The van der Waals surface area contributed by atoms with Gasteiger partial charge in [-0.15, -0.1) is 0 Å². The summed E-state index contributed by atoms with van der Waals surface area (Å²) in [7, 11) is 1.54. The molecule has 0 aliphatic carbocycles. The van der Waals surface area contributed by atoms with E-state index in [1.54, 1.807) is 0 Å². The molecule has 1 fully saturated rings. The topological polar surface area (TPSA) is 59.0 Å². The monoisotopic (exact) mass is 424 g/mol. The molecule has 3 aromatic rings. The van der Waals surface area contributed by atoms with E-state index >= 15 is 0 Å². The Hall–Kier alpha value is -2.22. The number of halogens is 4. The number of benzene rings is 2. The van der Waals surface area contributed by atoms with Crippen molar-refractivity contribution in [3.05, 3.63) is 68.2 Å². The molecule has 1 aromatic heterocycles. The van der Waals surface area contributed by atoms with Gasteiger partial charge in [-0.2, -0.15) is 0 Å². The van der Waals surface area contributed by atoms with Crippen LogP contribution in [0.3, 0.4) is 0 Å². The Morgan fingerprint density at radius 1 is 1.25 bits per heavy atom. The number of nitrogens with one attached hydrogen (secondary N) is 2. The lowest BCUT2D eigenvalue weighted by molar-refractivity contribution is 0.495. The smallest absolute Gasteiger partial charge is 0.261 e. The van der Waals surface area contributed by atoms with Crippen LogP contribution in [0.25, 0.3) is 10.9 Å². The molecular formula is C19H16Cl2F2N4O. The summed E-state index contributed by atoms with van der Waals surface area (Å²) in [6.07, 6.45) is 1.76. The Morgan fingerprint density at radius 2 is 2.04 bits per heavy atom. The van der Waals surface area contributed by atoms with E-state index in [9.17, 15) is 13.6 Å². The molecule has 146 valence electrons. The standard InChI is InChI=1S/C19H16Cl2F2N4O/c1-27-9-25-17-11(18(27)28)6-10(7-14(17)23)26-19(4-5-24-8-19)15-13(22)3-2-12(20)16(15)21/h2-3,6-7,9,24,26H,4-5,8H2,1H3. The highest BCUT2D eigenvalue weighted by Crippen LogP contribution is 2.41. The summed E-state index contributed by atoms with van der Waals surface area (Å²) >= 11 is 12.4. The van der Waals surface area contributed by atoms with Crippen LogP contribution in [0.1, 0.15) is 12.0 Å². The van der Waals surface area contributed by atoms with E-state index in [-0.39, 0.29) is 32.1 Å². The van der Waals surface area contributed by atoms with E-state index in [0.29, 0.717) is 25.2 Å². The molecule has 4 rings (SSSR count). The molecule has 2 aromatic carbocycles. The normalized spacial score (nSPS) is 19.3. The molecule has 1 aliphatic rings. The van der Waals surface area contributed by atoms with Crippen LogP contribution in [0.5, 0.6) is 0 Å². The van der Waals surface area contributed by atoms with Crippen molar-refractivity contribution in [2.24, 2.45) is 7.05 Å². The maximum atomic E-state index is 14.7. The molecule has 0 spiro atoms. The van der Waals surface area contributed by atoms with Crippen molar-refractivity contribution in [2.45, 2.75) is 12.0 Å². The second-order valence-corrected chi connectivity index (χ2v) is 7.65. The molecule has 0 amide bonds. The molecule has 28 heavy (non-hydrogen) atoms. The van der Waals surface area contributed by atoms with E-state index in [1.165, 1.54) is 42.2 Å². The fourth-order valence-electron chi connectivity index (χ4n) is 3.67. The average Bonchev–Trinajstić information content (AvgIpc) is 3.11. The van der Waals surface area contributed by atoms with Gasteiger partial charge in [0.1, 0.15) is 11.3 Å². The predicted octanol–water partition coefficient (Wildman–Crippen LogP) is 3.82. The summed E-state index contributed by atoms with van der Waals surface area (Å²) in [5, 5.41) is 6.84. The zero-order valence-electron chi connectivity index (χ0n) is 14.8. The maximum absolute atomic E-state index is 14.7. The van der Waals surface area contributed by atoms with Crippen LogP contribution < -0.4 is 16.2 Å². The van der Waals surface area contributed by atoms with E-state index < -0.39 is 17.2 Å². The molecule has 1 unspecified atom stereocenters. The van der Waals surface area contributed by atoms with Gasteiger partial charge in [0, 0.05) is 24.8 Å². The summed E-state index contributed by atoms with van der Waals surface area (Å²) in [4.78, 5) is 16.4. The van der Waals surface area contributed by atoms with Crippen molar-refractivity contribution in [3.63, 3.8) is 0 Å². The molecule has 0 bridgehead atoms. The highest BCUT2D eigenvalue weighted by atomic mass is 35.5. The molecule has 2 N–H and O–H groups in total. The number of hydrogen-bond donors (Lipinski definition) is 2. The van der Waals surface area contributed by atoms with Crippen LogP contribution in [0.4, 0.5) is 14.5 Å². The second kappa shape index (κ2) is 6.99. The lowest BCUT2D eigenvalue weighted by atomic mass is 9.87. The Kier molecular flexibility index (Phi) is 4.77. The number of rotatable bonds is 3. The van der Waals surface area contributed by atoms with Crippen molar-refractivity contribution >= 4 is 39.8 Å². The van der Waals surface area contributed by atoms with Gasteiger partial charge in [0.25, 0.3) is 5.56 Å². The quantitative estimate of drug-likeness (QED) is 0.627. The van der Waals surface area contributed by atoms with Gasteiger partial charge in [-0.3, -0.25) is 4.79 Å². The van der Waals surface area contributed by atoms with E-state index in [4.69, 9.17) is 23.2 Å². The van der Waals surface area contributed by atoms with Gasteiger partial charge < -0.3 is 15.2 Å². The highest BCUT2D eigenvalue weighted by molar-refractivity contribution is 6.42. The second-order valence-electron chi connectivity index (χ2n) is 6.87. The number of anilines is 1. The highest BCUT2D eigenvalue weighted by Gasteiger charge is 2.40. The number of hydrogen-bond acceptors (Lipinski definition) is 4. The summed E-state index contributed by atoms with van der Waals surface area (Å²) in [6.45, 7) is 0.962. The fourth-order valence-corrected chi connectivity index (χ4v) is 4.16. The number of aromatic nitrogens is 2. The summed E-state index contributed by atoms with van der Waals surface area (Å²) in [5.74, 6) is -1.15. The van der Waals surface area contributed by atoms with Gasteiger partial charge in [-0.1, -0.05) is 23.2 Å². The third-order valence-electron chi connectivity index (χ3n) is 5.04. The minimum Gasteiger partial charge on any atom is -0.374 e. The Bertz CT molecular complexity index is 1140. The number of aryl methyl sites for hydroxylation is 1. The van der Waals surface area contributed by atoms with Crippen LogP contribution in [0.15, 0.2) is 35.4 Å². The largest absolute Gasteiger partial charge is 0.374 e. The average molecular weight is 425 g/mol. The van der Waals surface area contributed by atoms with Gasteiger partial charge in [-0.25, -0.2) is 13.8 Å². The molecule has 5 nitrogen and oxygen atoms in total. The third-order valence-corrected chi connectivity index (χ3v) is 5.84. The third kappa shape index (κ3) is 3.03. The Balaban J connectivity index is 1.88. The first-order valence-corrected chi connectivity index (χ1v) is 9.36. The first kappa shape index (κ1) is 19.1. The molecule has 1 aliphatic heterocycles. The molecule has 0 radical (unpaired) electrons. The van der Waals surface area contributed by atoms with Crippen molar-refractivity contribution in [3.8, 4) is 0 Å². The summed E-state index contributed by atoms with van der Waals surface area (Å²) < 4.78 is 30.6. The summed E-state index contributed by atoms with van der Waals surface area (Å²) in [5.41, 5.74) is -0.794. The van der Waals surface area contributed by atoms with Crippen LogP contribution in [0.2, 0.25) is 10.0 Å². The number of nitrogens with zero attached hydrogens (tertiary/aromatic N) is 2. The molecule has 1 atom stereocenters. The molecule has 1 saturated heterocycles. The minimum absolute atomic E-state index is 0.0146. The molecule has 2 heterocycles.